The van der Waals surface area contributed by atoms with Crippen LogP contribution in [0.2, 0.25) is 0 Å². The maximum Gasteiger partial charge on any atom is 0.475 e. The van der Waals surface area contributed by atoms with E-state index in [9.17, 15) is 24.4 Å². The second-order valence-corrected chi connectivity index (χ2v) is 9.90. The van der Waals surface area contributed by atoms with Crippen LogP contribution in [-0.4, -0.2) is 60.2 Å². The predicted octanol–water partition coefficient (Wildman–Crippen LogP) is 2.42. The van der Waals surface area contributed by atoms with Crippen molar-refractivity contribution in [3.8, 4) is 0 Å². The molecule has 5 N–H and O–H groups in total. The average Bonchev–Trinajstić information content (AvgIpc) is 3.28. The normalized spacial score (nSPS) is 17.1. The van der Waals surface area contributed by atoms with Crippen LogP contribution in [-0.2, 0) is 14.4 Å². The average molecular weight is 479 g/mol. The Hall–Kier alpha value is -1.71. The van der Waals surface area contributed by atoms with Gasteiger partial charge < -0.3 is 26.0 Å². The second kappa shape index (κ2) is 17.7. The van der Waals surface area contributed by atoms with Crippen LogP contribution in [0.5, 0.6) is 0 Å². The molecule has 0 aromatic rings. The third-order valence-corrected chi connectivity index (χ3v) is 6.42. The van der Waals surface area contributed by atoms with E-state index < -0.39 is 13.1 Å². The Bertz CT molecular complexity index is 642. The molecule has 0 spiro atoms. The van der Waals surface area contributed by atoms with Gasteiger partial charge in [-0.1, -0.05) is 71.3 Å². The quantitative estimate of drug-likeness (QED) is 0.103. The van der Waals surface area contributed by atoms with Crippen LogP contribution in [0.4, 0.5) is 0 Å². The maximum atomic E-state index is 12.5. The Morgan fingerprint density at radius 3 is 2.18 bits per heavy atom. The molecule has 1 amide bonds. The first-order chi connectivity index (χ1) is 16.3. The van der Waals surface area contributed by atoms with Gasteiger partial charge in [0.15, 0.2) is 12.1 Å². The third kappa shape index (κ3) is 12.7. The number of hydrogen-bond donors (Lipinski definition) is 5. The van der Waals surface area contributed by atoms with Crippen LogP contribution in [0.15, 0.2) is 11.8 Å². The summed E-state index contributed by atoms with van der Waals surface area (Å²) >= 11 is 0. The number of rotatable bonds is 20. The van der Waals surface area contributed by atoms with E-state index in [0.29, 0.717) is 25.0 Å². The Morgan fingerprint density at radius 2 is 1.68 bits per heavy atom. The van der Waals surface area contributed by atoms with Crippen LogP contribution in [0.3, 0.4) is 0 Å². The molecule has 0 saturated carbocycles. The van der Waals surface area contributed by atoms with Crippen molar-refractivity contribution in [2.24, 2.45) is 5.92 Å². The highest BCUT2D eigenvalue weighted by Crippen LogP contribution is 2.15. The van der Waals surface area contributed by atoms with E-state index in [2.05, 4.69) is 16.0 Å². The zero-order chi connectivity index (χ0) is 25.3. The standard InChI is InChI=1S/C25H46BN3O5/c1-19(2)17-24(26(33)34)29-25(32)22(27-3)13-11-9-7-5-4-6-8-10-12-14-23(31)21-16-15-20(18-30)28-21/h15,18-19,21-22,24,27-28,33-34H,4-14,16-17H2,1-3H3,(H,29,32)/t21?,22-,24?/m0/s1. The minimum atomic E-state index is -1.55. The number of aldehydes is 1. The van der Waals surface area contributed by atoms with Gasteiger partial charge in [0.1, 0.15) is 0 Å². The highest BCUT2D eigenvalue weighted by molar-refractivity contribution is 6.43. The maximum absolute atomic E-state index is 12.5. The van der Waals surface area contributed by atoms with Crippen molar-refractivity contribution in [3.05, 3.63) is 11.8 Å². The Balaban J connectivity index is 2.03. The Morgan fingerprint density at radius 1 is 1.09 bits per heavy atom. The van der Waals surface area contributed by atoms with Gasteiger partial charge in [0.05, 0.1) is 23.7 Å². The fourth-order valence-electron chi connectivity index (χ4n) is 4.37. The van der Waals surface area contributed by atoms with E-state index in [-0.39, 0.29) is 29.7 Å². The van der Waals surface area contributed by atoms with Crippen molar-refractivity contribution in [2.75, 3.05) is 7.05 Å². The lowest BCUT2D eigenvalue weighted by Crippen LogP contribution is -2.52. The molecule has 9 heteroatoms. The largest absolute Gasteiger partial charge is 0.475 e. The minimum absolute atomic E-state index is 0.177. The Labute approximate surface area is 205 Å². The van der Waals surface area contributed by atoms with E-state index in [1.165, 1.54) is 19.3 Å². The molecule has 0 aromatic heterocycles. The summed E-state index contributed by atoms with van der Waals surface area (Å²) in [6, 6.07) is -0.534. The molecule has 1 aliphatic rings. The highest BCUT2D eigenvalue weighted by atomic mass is 16.4. The zero-order valence-electron chi connectivity index (χ0n) is 21.4. The summed E-state index contributed by atoms with van der Waals surface area (Å²) in [7, 11) is 0.205. The fourth-order valence-corrected chi connectivity index (χ4v) is 4.37. The lowest BCUT2D eigenvalue weighted by atomic mass is 9.75. The minimum Gasteiger partial charge on any atom is -0.426 e. The highest BCUT2D eigenvalue weighted by Gasteiger charge is 2.28. The first-order valence-corrected chi connectivity index (χ1v) is 13.1. The summed E-state index contributed by atoms with van der Waals surface area (Å²) in [5.74, 6) is -0.367. The van der Waals surface area contributed by atoms with Gasteiger partial charge in [0.2, 0.25) is 5.91 Å². The lowest BCUT2D eigenvalue weighted by molar-refractivity contribution is -0.124. The first kappa shape index (κ1) is 30.3. The van der Waals surface area contributed by atoms with Crippen molar-refractivity contribution >= 4 is 25.1 Å². The molecule has 3 atom stereocenters. The SMILES string of the molecule is CN[C@@H](CCCCCCCCCCCC(=O)C1CC=C(C=O)N1)C(=O)NC(CC(C)C)B(O)O. The number of nitrogens with one attached hydrogen (secondary N) is 3. The van der Waals surface area contributed by atoms with Crippen LogP contribution < -0.4 is 16.0 Å². The van der Waals surface area contributed by atoms with Gasteiger partial charge in [-0.25, -0.2) is 0 Å². The van der Waals surface area contributed by atoms with Crippen molar-refractivity contribution < 1.29 is 24.4 Å². The second-order valence-electron chi connectivity index (χ2n) is 9.90. The van der Waals surface area contributed by atoms with E-state index in [0.717, 1.165) is 51.2 Å². The summed E-state index contributed by atoms with van der Waals surface area (Å²) < 4.78 is 0. The number of carbonyl (C=O) groups excluding carboxylic acids is 3. The molecular formula is C25H46BN3O5. The number of carbonyl (C=O) groups is 3. The summed E-state index contributed by atoms with van der Waals surface area (Å²) in [5, 5.41) is 27.8. The van der Waals surface area contributed by atoms with Gasteiger partial charge in [-0.05, 0) is 38.6 Å². The number of hydrogen-bond acceptors (Lipinski definition) is 7. The smallest absolute Gasteiger partial charge is 0.426 e. The van der Waals surface area contributed by atoms with E-state index in [1.54, 1.807) is 13.1 Å². The molecule has 0 bridgehead atoms. The van der Waals surface area contributed by atoms with Crippen molar-refractivity contribution in [3.63, 3.8) is 0 Å². The van der Waals surface area contributed by atoms with E-state index in [1.807, 2.05) is 13.8 Å². The van der Waals surface area contributed by atoms with Gasteiger partial charge in [-0.15, -0.1) is 0 Å². The van der Waals surface area contributed by atoms with Gasteiger partial charge >= 0.3 is 7.12 Å². The number of allylic oxidation sites excluding steroid dienone is 1. The molecule has 0 aromatic carbocycles. The van der Waals surface area contributed by atoms with Crippen LogP contribution in [0, 0.1) is 5.92 Å². The summed E-state index contributed by atoms with van der Waals surface area (Å²) in [6.07, 6.45) is 14.8. The predicted molar refractivity (Wildman–Crippen MR) is 136 cm³/mol. The van der Waals surface area contributed by atoms with Gasteiger partial charge in [-0.2, -0.15) is 0 Å². The number of likely N-dealkylation sites (N-methyl/N-ethyl adjacent to an activating group) is 1. The Kier molecular flexibility index (Phi) is 15.8. The molecule has 1 heterocycles. The first-order valence-electron chi connectivity index (χ1n) is 13.1. The van der Waals surface area contributed by atoms with Gasteiger partial charge in [0, 0.05) is 6.42 Å². The van der Waals surface area contributed by atoms with Gasteiger partial charge in [-0.3, -0.25) is 14.4 Å². The van der Waals surface area contributed by atoms with E-state index >= 15 is 0 Å². The summed E-state index contributed by atoms with van der Waals surface area (Å²) in [6.45, 7) is 3.97. The van der Waals surface area contributed by atoms with Crippen LogP contribution >= 0.6 is 0 Å². The molecule has 0 aliphatic carbocycles. The van der Waals surface area contributed by atoms with Crippen molar-refractivity contribution in [1.82, 2.24) is 16.0 Å². The monoisotopic (exact) mass is 479 g/mol. The van der Waals surface area contributed by atoms with E-state index in [4.69, 9.17) is 0 Å². The van der Waals surface area contributed by atoms with Gasteiger partial charge in [0.25, 0.3) is 0 Å². The van der Waals surface area contributed by atoms with Crippen molar-refractivity contribution in [2.45, 2.75) is 115 Å². The molecule has 0 radical (unpaired) electrons. The lowest BCUT2D eigenvalue weighted by Gasteiger charge is -2.23. The fraction of sp³-hybridized carbons (Fsp3) is 0.800. The topological polar surface area (TPSA) is 128 Å². The van der Waals surface area contributed by atoms with Crippen LogP contribution in [0.1, 0.15) is 97.3 Å². The molecule has 0 saturated heterocycles. The molecule has 34 heavy (non-hydrogen) atoms. The molecule has 0 fully saturated rings. The number of ketones is 1. The third-order valence-electron chi connectivity index (χ3n) is 6.42. The van der Waals surface area contributed by atoms with Crippen molar-refractivity contribution in [1.29, 1.82) is 0 Å². The molecular weight excluding hydrogens is 433 g/mol. The summed E-state index contributed by atoms with van der Waals surface area (Å²) in [5.41, 5.74) is 0.528. The molecule has 8 nitrogen and oxygen atoms in total. The molecule has 1 rings (SSSR count). The van der Waals surface area contributed by atoms with Crippen LogP contribution in [0.25, 0.3) is 0 Å². The summed E-state index contributed by atoms with van der Waals surface area (Å²) in [4.78, 5) is 35.3. The number of Topliss-reactive ketones (excluding diaryl/α,β-unsaturated/α-hetero) is 1. The number of amides is 1. The zero-order valence-corrected chi connectivity index (χ0v) is 21.4. The molecule has 1 aliphatic heterocycles. The molecule has 194 valence electrons. The molecule has 2 unspecified atom stereocenters. The number of unbranched alkanes of at least 4 members (excludes halogenated alkanes) is 8.